The molecule has 0 atom stereocenters. The van der Waals surface area contributed by atoms with Gasteiger partial charge in [0.25, 0.3) is 0 Å². The summed E-state index contributed by atoms with van der Waals surface area (Å²) in [5, 5.41) is 0. The fourth-order valence-corrected chi connectivity index (χ4v) is 4.43. The van der Waals surface area contributed by atoms with E-state index >= 15 is 0 Å². The van der Waals surface area contributed by atoms with Crippen LogP contribution >= 0.6 is 27.3 Å². The van der Waals surface area contributed by atoms with Crippen LogP contribution in [0.1, 0.15) is 0 Å². The van der Waals surface area contributed by atoms with Crippen LogP contribution in [0.2, 0.25) is 0 Å². The van der Waals surface area contributed by atoms with Gasteiger partial charge in [0.05, 0.1) is 24.4 Å². The summed E-state index contributed by atoms with van der Waals surface area (Å²) in [5.41, 5.74) is 3.09. The highest BCUT2D eigenvalue weighted by Crippen LogP contribution is 2.37. The van der Waals surface area contributed by atoms with Crippen molar-refractivity contribution in [2.45, 2.75) is 0 Å². The van der Waals surface area contributed by atoms with E-state index in [1.54, 1.807) is 25.6 Å². The molecule has 0 fully saturated rings. The quantitative estimate of drug-likeness (QED) is 0.495. The smallest absolute Gasteiger partial charge is 0.196 e. The Labute approximate surface area is 145 Å². The van der Waals surface area contributed by atoms with Gasteiger partial charge < -0.3 is 9.47 Å². The van der Waals surface area contributed by atoms with Crippen molar-refractivity contribution in [2.75, 3.05) is 14.2 Å². The maximum Gasteiger partial charge on any atom is 0.196 e. The summed E-state index contributed by atoms with van der Waals surface area (Å²) >= 11 is 5.35. The van der Waals surface area contributed by atoms with Crippen LogP contribution in [0.4, 0.5) is 0 Å². The Balaban J connectivity index is 1.90. The Bertz CT molecular complexity index is 1000. The zero-order valence-electron chi connectivity index (χ0n) is 12.5. The van der Waals surface area contributed by atoms with Gasteiger partial charge in [0, 0.05) is 5.56 Å². The van der Waals surface area contributed by atoms with Gasteiger partial charge in [-0.25, -0.2) is 4.98 Å². The van der Waals surface area contributed by atoms with Crippen LogP contribution in [0, 0.1) is 0 Å². The number of nitrogens with zero attached hydrogens (tertiary/aromatic N) is 2. The number of benzene rings is 2. The number of fused-ring (bicyclic) bond motifs is 3. The second kappa shape index (κ2) is 5.54. The molecule has 2 heterocycles. The number of aromatic nitrogens is 2. The van der Waals surface area contributed by atoms with Crippen LogP contribution in [0.3, 0.4) is 0 Å². The fraction of sp³-hybridized carbons (Fsp3) is 0.118. The molecular weight excluding hydrogens is 376 g/mol. The van der Waals surface area contributed by atoms with Gasteiger partial charge in [-0.3, -0.25) is 4.40 Å². The van der Waals surface area contributed by atoms with Crippen LogP contribution in [0.5, 0.6) is 11.5 Å². The lowest BCUT2D eigenvalue weighted by molar-refractivity contribution is 0.415. The molecular formula is C17H13BrN2O2S. The van der Waals surface area contributed by atoms with E-state index in [-0.39, 0.29) is 0 Å². The van der Waals surface area contributed by atoms with Crippen molar-refractivity contribution in [3.05, 3.63) is 47.1 Å². The van der Waals surface area contributed by atoms with Crippen molar-refractivity contribution < 1.29 is 9.47 Å². The van der Waals surface area contributed by atoms with Gasteiger partial charge in [-0.05, 0) is 58.4 Å². The first-order chi connectivity index (χ1) is 11.2. The highest BCUT2D eigenvalue weighted by Gasteiger charge is 2.16. The Morgan fingerprint density at radius 2 is 1.70 bits per heavy atom. The molecule has 116 valence electrons. The third kappa shape index (κ3) is 2.29. The minimum absolute atomic E-state index is 0.837. The van der Waals surface area contributed by atoms with Crippen molar-refractivity contribution in [2.24, 2.45) is 0 Å². The summed E-state index contributed by atoms with van der Waals surface area (Å²) in [6.07, 6.45) is 0. The Morgan fingerprint density at radius 1 is 1.00 bits per heavy atom. The molecule has 0 radical (unpaired) electrons. The first-order valence-corrected chi connectivity index (χ1v) is 8.61. The van der Waals surface area contributed by atoms with Crippen molar-refractivity contribution >= 4 is 42.4 Å². The van der Waals surface area contributed by atoms with Crippen LogP contribution in [-0.4, -0.2) is 23.6 Å². The third-order valence-electron chi connectivity index (χ3n) is 3.76. The summed E-state index contributed by atoms with van der Waals surface area (Å²) in [5.74, 6) is 1.69. The lowest BCUT2D eigenvalue weighted by Crippen LogP contribution is -1.85. The molecule has 0 spiro atoms. The van der Waals surface area contributed by atoms with Gasteiger partial charge in [-0.1, -0.05) is 11.3 Å². The van der Waals surface area contributed by atoms with Gasteiger partial charge in [0.15, 0.2) is 4.96 Å². The van der Waals surface area contributed by atoms with E-state index in [1.807, 2.05) is 36.4 Å². The predicted molar refractivity (Wildman–Crippen MR) is 96.8 cm³/mol. The van der Waals surface area contributed by atoms with Gasteiger partial charge in [-0.2, -0.15) is 0 Å². The summed E-state index contributed by atoms with van der Waals surface area (Å²) in [4.78, 5) is 5.73. The maximum atomic E-state index is 5.29. The largest absolute Gasteiger partial charge is 0.497 e. The van der Waals surface area contributed by atoms with Crippen LogP contribution < -0.4 is 9.47 Å². The van der Waals surface area contributed by atoms with Crippen LogP contribution in [0.15, 0.2) is 47.1 Å². The molecule has 0 aliphatic rings. The van der Waals surface area contributed by atoms with Crippen LogP contribution in [-0.2, 0) is 0 Å². The van der Waals surface area contributed by atoms with E-state index < -0.39 is 0 Å². The average Bonchev–Trinajstić information content (AvgIpc) is 3.11. The molecule has 2 aromatic heterocycles. The highest BCUT2D eigenvalue weighted by molar-refractivity contribution is 9.10. The van der Waals surface area contributed by atoms with E-state index in [0.717, 1.165) is 42.5 Å². The Kier molecular flexibility index (Phi) is 3.50. The molecule has 23 heavy (non-hydrogen) atoms. The number of hydrogen-bond acceptors (Lipinski definition) is 4. The second-order valence-electron chi connectivity index (χ2n) is 5.03. The van der Waals surface area contributed by atoms with Crippen molar-refractivity contribution in [3.63, 3.8) is 0 Å². The zero-order chi connectivity index (χ0) is 16.0. The van der Waals surface area contributed by atoms with Gasteiger partial charge >= 0.3 is 0 Å². The van der Waals surface area contributed by atoms with E-state index in [9.17, 15) is 0 Å². The molecule has 0 amide bonds. The lowest BCUT2D eigenvalue weighted by Gasteiger charge is -2.02. The highest BCUT2D eigenvalue weighted by atomic mass is 79.9. The molecule has 0 aliphatic heterocycles. The number of thiazole rings is 1. The minimum atomic E-state index is 0.837. The molecule has 0 saturated heterocycles. The topological polar surface area (TPSA) is 35.8 Å². The normalized spacial score (nSPS) is 11.3. The number of imidazole rings is 1. The minimum Gasteiger partial charge on any atom is -0.497 e. The Morgan fingerprint density at radius 3 is 2.39 bits per heavy atom. The molecule has 0 bridgehead atoms. The van der Waals surface area contributed by atoms with Crippen molar-refractivity contribution in [1.29, 1.82) is 0 Å². The molecule has 4 aromatic rings. The molecule has 0 aliphatic carbocycles. The summed E-state index contributed by atoms with van der Waals surface area (Å²) in [7, 11) is 3.34. The number of ether oxygens (including phenoxy) is 2. The number of hydrogen-bond donors (Lipinski definition) is 0. The molecule has 2 aromatic carbocycles. The number of halogens is 1. The molecule has 4 rings (SSSR count). The summed E-state index contributed by atoms with van der Waals surface area (Å²) < 4.78 is 14.7. The standard InChI is InChI=1S/C17H13BrN2O2S/c1-21-11-5-3-10(4-6-11)15-16(18)20-13-8-7-12(22-2)9-14(13)23-17(20)19-15/h3-9H,1-2H3. The summed E-state index contributed by atoms with van der Waals surface area (Å²) in [6, 6.07) is 14.0. The van der Waals surface area contributed by atoms with E-state index in [0.29, 0.717) is 0 Å². The Hall–Kier alpha value is -2.05. The molecule has 4 nitrogen and oxygen atoms in total. The van der Waals surface area contributed by atoms with Gasteiger partial charge in [-0.15, -0.1) is 0 Å². The van der Waals surface area contributed by atoms with Gasteiger partial charge in [0.1, 0.15) is 21.8 Å². The zero-order valence-corrected chi connectivity index (χ0v) is 14.9. The molecule has 0 unspecified atom stereocenters. The average molecular weight is 389 g/mol. The molecule has 0 saturated carbocycles. The number of rotatable bonds is 3. The van der Waals surface area contributed by atoms with Gasteiger partial charge in [0.2, 0.25) is 0 Å². The molecule has 0 N–H and O–H groups in total. The predicted octanol–water partition coefficient (Wildman–Crippen LogP) is 5.00. The fourth-order valence-electron chi connectivity index (χ4n) is 2.58. The number of methoxy groups -OCH3 is 2. The van der Waals surface area contributed by atoms with Crippen LogP contribution in [0.25, 0.3) is 26.4 Å². The third-order valence-corrected chi connectivity index (χ3v) is 5.50. The van der Waals surface area contributed by atoms with E-state index in [2.05, 4.69) is 26.4 Å². The maximum absolute atomic E-state index is 5.29. The van der Waals surface area contributed by atoms with E-state index in [1.165, 1.54) is 0 Å². The van der Waals surface area contributed by atoms with E-state index in [4.69, 9.17) is 14.5 Å². The second-order valence-corrected chi connectivity index (χ2v) is 6.79. The SMILES string of the molecule is COc1ccc(-c2nc3sc4cc(OC)ccc4n3c2Br)cc1. The first kappa shape index (κ1) is 14.5. The molecule has 6 heteroatoms. The summed E-state index contributed by atoms with van der Waals surface area (Å²) in [6.45, 7) is 0. The monoisotopic (exact) mass is 388 g/mol. The lowest BCUT2D eigenvalue weighted by atomic mass is 10.2. The van der Waals surface area contributed by atoms with Crippen molar-refractivity contribution in [1.82, 2.24) is 9.38 Å². The van der Waals surface area contributed by atoms with Crippen molar-refractivity contribution in [3.8, 4) is 22.8 Å². The first-order valence-electron chi connectivity index (χ1n) is 7.00.